The minimum Gasteiger partial charge on any atom is -0.367 e. The molecule has 0 aliphatic heterocycles. The first-order valence-corrected chi connectivity index (χ1v) is 5.75. The Labute approximate surface area is 101 Å². The molecule has 4 heteroatoms. The molecule has 0 saturated heterocycles. The molecule has 0 fully saturated rings. The van der Waals surface area contributed by atoms with Gasteiger partial charge < -0.3 is 10.3 Å². The van der Waals surface area contributed by atoms with Gasteiger partial charge in [-0.15, -0.1) is 0 Å². The third-order valence-electron chi connectivity index (χ3n) is 2.60. The van der Waals surface area contributed by atoms with Crippen molar-refractivity contribution in [2.75, 3.05) is 5.73 Å². The fourth-order valence-electron chi connectivity index (χ4n) is 1.85. The first-order valence-electron chi connectivity index (χ1n) is 5.75. The number of anilines is 1. The third kappa shape index (κ3) is 2.46. The molecule has 2 N–H and O–H groups in total. The highest BCUT2D eigenvalue weighted by atomic mass is 16.5. The van der Waals surface area contributed by atoms with Gasteiger partial charge in [-0.1, -0.05) is 19.0 Å². The number of rotatable bonds is 3. The van der Waals surface area contributed by atoms with E-state index >= 15 is 0 Å². The van der Waals surface area contributed by atoms with Crippen LogP contribution in [0.3, 0.4) is 0 Å². The molecule has 0 radical (unpaired) electrons. The number of nitrogen functional groups attached to an aromatic ring is 1. The van der Waals surface area contributed by atoms with Gasteiger partial charge in [0.2, 0.25) is 5.88 Å². The Hall–Kier alpha value is -1.84. The second-order valence-corrected chi connectivity index (χ2v) is 4.66. The Morgan fingerprint density at radius 3 is 2.82 bits per heavy atom. The van der Waals surface area contributed by atoms with E-state index in [1.54, 1.807) is 6.20 Å². The summed E-state index contributed by atoms with van der Waals surface area (Å²) in [5.74, 6) is 0.932. The summed E-state index contributed by atoms with van der Waals surface area (Å²) in [5.41, 5.74) is 9.61. The summed E-state index contributed by atoms with van der Waals surface area (Å²) in [6.45, 7) is 6.25. The maximum absolute atomic E-state index is 5.82. The molecule has 2 heterocycles. The van der Waals surface area contributed by atoms with Crippen LogP contribution in [0.25, 0.3) is 11.3 Å². The number of nitrogens with two attached hydrogens (primary N) is 1. The largest absolute Gasteiger partial charge is 0.367 e. The van der Waals surface area contributed by atoms with E-state index in [-0.39, 0.29) is 0 Å². The van der Waals surface area contributed by atoms with E-state index in [4.69, 9.17) is 10.3 Å². The van der Waals surface area contributed by atoms with Crippen LogP contribution in [-0.2, 0) is 6.42 Å². The molecular formula is C13H17N3O. The van der Waals surface area contributed by atoms with Gasteiger partial charge in [0, 0.05) is 23.0 Å². The Kier molecular flexibility index (Phi) is 3.13. The van der Waals surface area contributed by atoms with E-state index in [0.29, 0.717) is 11.8 Å². The van der Waals surface area contributed by atoms with Crippen LogP contribution in [-0.4, -0.2) is 10.1 Å². The molecule has 2 rings (SSSR count). The van der Waals surface area contributed by atoms with Gasteiger partial charge in [-0.05, 0) is 31.4 Å². The van der Waals surface area contributed by atoms with E-state index in [9.17, 15) is 0 Å². The Balaban J connectivity index is 2.45. The van der Waals surface area contributed by atoms with Gasteiger partial charge in [0.1, 0.15) is 5.69 Å². The van der Waals surface area contributed by atoms with Gasteiger partial charge in [-0.25, -0.2) is 0 Å². The first kappa shape index (κ1) is 11.6. The molecule has 4 nitrogen and oxygen atoms in total. The van der Waals surface area contributed by atoms with Gasteiger partial charge >= 0.3 is 0 Å². The molecule has 0 aromatic carbocycles. The highest BCUT2D eigenvalue weighted by molar-refractivity contribution is 5.66. The second-order valence-electron chi connectivity index (χ2n) is 4.66. The summed E-state index contributed by atoms with van der Waals surface area (Å²) >= 11 is 0. The van der Waals surface area contributed by atoms with Gasteiger partial charge in [0.25, 0.3) is 0 Å². The summed E-state index contributed by atoms with van der Waals surface area (Å²) in [5, 5.41) is 4.05. The minimum atomic E-state index is 0.420. The second kappa shape index (κ2) is 4.57. The van der Waals surface area contributed by atoms with Crippen molar-refractivity contribution in [1.82, 2.24) is 10.1 Å². The Morgan fingerprint density at radius 1 is 1.41 bits per heavy atom. The molecule has 2 aromatic rings. The average Bonchev–Trinajstić information content (AvgIpc) is 2.60. The van der Waals surface area contributed by atoms with Gasteiger partial charge in [-0.3, -0.25) is 4.98 Å². The molecule has 0 aliphatic carbocycles. The summed E-state index contributed by atoms with van der Waals surface area (Å²) in [4.78, 5) is 4.17. The summed E-state index contributed by atoms with van der Waals surface area (Å²) in [6.07, 6.45) is 2.64. The van der Waals surface area contributed by atoms with Crippen molar-refractivity contribution in [2.45, 2.75) is 27.2 Å². The number of pyridine rings is 1. The molecule has 2 aromatic heterocycles. The van der Waals surface area contributed by atoms with Crippen molar-refractivity contribution in [3.63, 3.8) is 0 Å². The lowest BCUT2D eigenvalue weighted by atomic mass is 9.99. The zero-order chi connectivity index (χ0) is 12.4. The molecule has 0 amide bonds. The normalized spacial score (nSPS) is 11.1. The molecule has 0 saturated carbocycles. The van der Waals surface area contributed by atoms with Crippen LogP contribution in [0, 0.1) is 12.8 Å². The fourth-order valence-corrected chi connectivity index (χ4v) is 1.85. The van der Waals surface area contributed by atoms with E-state index < -0.39 is 0 Å². The maximum Gasteiger partial charge on any atom is 0.225 e. The lowest BCUT2D eigenvalue weighted by molar-refractivity contribution is 0.438. The van der Waals surface area contributed by atoms with Crippen molar-refractivity contribution in [2.24, 2.45) is 5.92 Å². The van der Waals surface area contributed by atoms with Gasteiger partial charge in [0.15, 0.2) is 0 Å². The van der Waals surface area contributed by atoms with E-state index in [1.165, 1.54) is 0 Å². The van der Waals surface area contributed by atoms with Crippen molar-refractivity contribution in [3.05, 3.63) is 29.6 Å². The number of hydrogen-bond donors (Lipinski definition) is 1. The summed E-state index contributed by atoms with van der Waals surface area (Å²) < 4.78 is 5.10. The maximum atomic E-state index is 5.82. The highest BCUT2D eigenvalue weighted by Crippen LogP contribution is 2.29. The Morgan fingerprint density at radius 2 is 2.18 bits per heavy atom. The standard InChI is InChI=1S/C13H17N3O/c1-8(2)6-11-12(16-17-13(11)14)10-4-5-15-9(3)7-10/h4-5,7-8H,6,14H2,1-3H3. The van der Waals surface area contributed by atoms with Crippen molar-refractivity contribution >= 4 is 5.88 Å². The van der Waals surface area contributed by atoms with E-state index in [0.717, 1.165) is 28.9 Å². The average molecular weight is 231 g/mol. The number of aryl methyl sites for hydroxylation is 1. The molecule has 0 bridgehead atoms. The SMILES string of the molecule is Cc1cc(-c2noc(N)c2CC(C)C)ccn1. The van der Waals surface area contributed by atoms with Crippen molar-refractivity contribution in [1.29, 1.82) is 0 Å². The molecule has 90 valence electrons. The molecular weight excluding hydrogens is 214 g/mol. The summed E-state index contributed by atoms with van der Waals surface area (Å²) in [7, 11) is 0. The lowest BCUT2D eigenvalue weighted by Gasteiger charge is -2.05. The van der Waals surface area contributed by atoms with Crippen LogP contribution in [0.4, 0.5) is 5.88 Å². The van der Waals surface area contributed by atoms with Gasteiger partial charge in [0.05, 0.1) is 0 Å². The lowest BCUT2D eigenvalue weighted by Crippen LogP contribution is -1.98. The monoisotopic (exact) mass is 231 g/mol. The quantitative estimate of drug-likeness (QED) is 0.882. The summed E-state index contributed by atoms with van der Waals surface area (Å²) in [6, 6.07) is 3.91. The Bertz CT molecular complexity index is 517. The third-order valence-corrected chi connectivity index (χ3v) is 2.60. The molecule has 0 unspecified atom stereocenters. The topological polar surface area (TPSA) is 64.9 Å². The van der Waals surface area contributed by atoms with Gasteiger partial charge in [-0.2, -0.15) is 0 Å². The predicted octanol–water partition coefficient (Wildman–Crippen LogP) is 2.83. The fraction of sp³-hybridized carbons (Fsp3) is 0.385. The van der Waals surface area contributed by atoms with Crippen LogP contribution in [0.15, 0.2) is 22.9 Å². The van der Waals surface area contributed by atoms with E-state index in [2.05, 4.69) is 24.0 Å². The molecule has 17 heavy (non-hydrogen) atoms. The van der Waals surface area contributed by atoms with E-state index in [1.807, 2.05) is 19.1 Å². The predicted molar refractivity (Wildman–Crippen MR) is 67.4 cm³/mol. The zero-order valence-electron chi connectivity index (χ0n) is 10.4. The van der Waals surface area contributed by atoms with Crippen LogP contribution < -0.4 is 5.73 Å². The first-order chi connectivity index (χ1) is 8.08. The van der Waals surface area contributed by atoms with Crippen LogP contribution in [0.1, 0.15) is 25.1 Å². The van der Waals surface area contributed by atoms with Crippen molar-refractivity contribution < 1.29 is 4.52 Å². The number of hydrogen-bond acceptors (Lipinski definition) is 4. The molecule has 0 spiro atoms. The number of nitrogens with zero attached hydrogens (tertiary/aromatic N) is 2. The minimum absolute atomic E-state index is 0.420. The molecule has 0 aliphatic rings. The van der Waals surface area contributed by atoms with Crippen LogP contribution in [0.2, 0.25) is 0 Å². The van der Waals surface area contributed by atoms with Crippen LogP contribution in [0.5, 0.6) is 0 Å². The van der Waals surface area contributed by atoms with Crippen LogP contribution >= 0.6 is 0 Å². The number of aromatic nitrogens is 2. The molecule has 0 atom stereocenters. The van der Waals surface area contributed by atoms with Crippen molar-refractivity contribution in [3.8, 4) is 11.3 Å². The smallest absolute Gasteiger partial charge is 0.225 e. The highest BCUT2D eigenvalue weighted by Gasteiger charge is 2.16. The zero-order valence-corrected chi connectivity index (χ0v) is 10.4.